The van der Waals surface area contributed by atoms with E-state index in [1.165, 1.54) is 24.1 Å². The molecule has 1 aromatic rings. The molecule has 2 heterocycles. The number of hydrogen-bond acceptors (Lipinski definition) is 3. The van der Waals surface area contributed by atoms with Crippen LogP contribution in [-0.4, -0.2) is 48.7 Å². The van der Waals surface area contributed by atoms with Crippen molar-refractivity contribution < 1.29 is 4.79 Å². The molecule has 0 N–H and O–H groups in total. The van der Waals surface area contributed by atoms with Gasteiger partial charge in [-0.1, -0.05) is 32.9 Å². The number of nitrogens with zero attached hydrogens (tertiary/aromatic N) is 3. The number of likely N-dealkylation sites (tertiary alicyclic amines) is 1. The van der Waals surface area contributed by atoms with Crippen molar-refractivity contribution in [2.24, 2.45) is 10.9 Å². The first-order chi connectivity index (χ1) is 13.7. The highest BCUT2D eigenvalue weighted by atomic mass is 16.2. The zero-order valence-electron chi connectivity index (χ0n) is 19.1. The van der Waals surface area contributed by atoms with Gasteiger partial charge in [-0.3, -0.25) is 9.79 Å². The van der Waals surface area contributed by atoms with Gasteiger partial charge in [0.2, 0.25) is 5.91 Å². The molecule has 4 nitrogen and oxygen atoms in total. The quantitative estimate of drug-likeness (QED) is 0.651. The van der Waals surface area contributed by atoms with Gasteiger partial charge in [0.15, 0.2) is 0 Å². The van der Waals surface area contributed by atoms with Crippen LogP contribution in [-0.2, 0) is 10.2 Å². The van der Waals surface area contributed by atoms with Crippen molar-refractivity contribution in [1.82, 2.24) is 4.90 Å². The second-order valence-electron chi connectivity index (χ2n) is 10.1. The number of piperidine rings is 1. The highest BCUT2D eigenvalue weighted by Gasteiger charge is 2.27. The largest absolute Gasteiger partial charge is 0.372 e. The van der Waals surface area contributed by atoms with Gasteiger partial charge >= 0.3 is 0 Å². The molecule has 3 rings (SSSR count). The van der Waals surface area contributed by atoms with Crippen LogP contribution in [0.1, 0.15) is 72.3 Å². The van der Waals surface area contributed by atoms with Crippen molar-refractivity contribution in [2.75, 3.05) is 31.1 Å². The highest BCUT2D eigenvalue weighted by Crippen LogP contribution is 2.29. The van der Waals surface area contributed by atoms with Crippen LogP contribution in [0.5, 0.6) is 0 Å². The number of benzene rings is 1. The van der Waals surface area contributed by atoms with Crippen molar-refractivity contribution in [3.05, 3.63) is 29.8 Å². The summed E-state index contributed by atoms with van der Waals surface area (Å²) < 4.78 is 0. The predicted molar refractivity (Wildman–Crippen MR) is 123 cm³/mol. The maximum atomic E-state index is 12.6. The second kappa shape index (κ2) is 9.32. The molecule has 4 heteroatoms. The van der Waals surface area contributed by atoms with Gasteiger partial charge in [-0.25, -0.2) is 0 Å². The summed E-state index contributed by atoms with van der Waals surface area (Å²) in [6, 6.07) is 9.40. The molecule has 0 aromatic heterocycles. The number of amides is 1. The average molecular weight is 398 g/mol. The average Bonchev–Trinajstić information content (AvgIpc) is 3.14. The SMILES string of the molecule is CC(C)=N[C@@H]1CCN(C(=O)CCC2CCN(c3ccc(C(C)(C)C)cc3)CC2)C1. The fourth-order valence-electron chi connectivity index (χ4n) is 4.58. The van der Waals surface area contributed by atoms with E-state index in [0.29, 0.717) is 24.3 Å². The topological polar surface area (TPSA) is 35.9 Å². The first-order valence-corrected chi connectivity index (χ1v) is 11.4. The Kier molecular flexibility index (Phi) is 7.02. The standard InChI is InChI=1S/C25H39N3O/c1-19(2)26-22-14-17-28(18-22)24(29)11-6-20-12-15-27(16-13-20)23-9-7-21(8-10-23)25(3,4)5/h7-10,20,22H,6,11-18H2,1-5H3/t22-/m1/s1. The number of carbonyl (C=O) groups excluding carboxylic acids is 1. The van der Waals surface area contributed by atoms with E-state index in [9.17, 15) is 4.79 Å². The molecule has 0 saturated carbocycles. The molecule has 1 aromatic carbocycles. The lowest BCUT2D eigenvalue weighted by atomic mass is 9.87. The molecule has 160 valence electrons. The Morgan fingerprint density at radius 2 is 1.69 bits per heavy atom. The molecular formula is C25H39N3O. The molecule has 2 fully saturated rings. The van der Waals surface area contributed by atoms with Crippen molar-refractivity contribution in [3.63, 3.8) is 0 Å². The molecule has 1 amide bonds. The van der Waals surface area contributed by atoms with Gasteiger partial charge in [-0.15, -0.1) is 0 Å². The van der Waals surface area contributed by atoms with Crippen molar-refractivity contribution in [3.8, 4) is 0 Å². The van der Waals surface area contributed by atoms with E-state index in [1.807, 2.05) is 18.7 Å². The molecule has 0 aliphatic carbocycles. The van der Waals surface area contributed by atoms with Crippen LogP contribution in [0.15, 0.2) is 29.3 Å². The molecule has 2 aliphatic heterocycles. The lowest BCUT2D eigenvalue weighted by Gasteiger charge is -2.34. The Hall–Kier alpha value is -1.84. The molecule has 0 bridgehead atoms. The summed E-state index contributed by atoms with van der Waals surface area (Å²) in [5, 5.41) is 0. The van der Waals surface area contributed by atoms with E-state index < -0.39 is 0 Å². The van der Waals surface area contributed by atoms with Crippen molar-refractivity contribution in [1.29, 1.82) is 0 Å². The minimum atomic E-state index is 0.204. The Labute approximate surface area is 177 Å². The molecule has 0 radical (unpaired) electrons. The predicted octanol–water partition coefficient (Wildman–Crippen LogP) is 5.06. The number of carbonyl (C=O) groups is 1. The maximum Gasteiger partial charge on any atom is 0.222 e. The third-order valence-corrected chi connectivity index (χ3v) is 6.44. The lowest BCUT2D eigenvalue weighted by Crippen LogP contribution is -2.34. The van der Waals surface area contributed by atoms with E-state index in [2.05, 4.69) is 54.9 Å². The first kappa shape index (κ1) is 21.9. The van der Waals surface area contributed by atoms with Crippen LogP contribution >= 0.6 is 0 Å². The van der Waals surface area contributed by atoms with Crippen molar-refractivity contribution in [2.45, 2.75) is 78.2 Å². The van der Waals surface area contributed by atoms with Gasteiger partial charge in [-0.2, -0.15) is 0 Å². The molecule has 29 heavy (non-hydrogen) atoms. The monoisotopic (exact) mass is 397 g/mol. The van der Waals surface area contributed by atoms with E-state index in [-0.39, 0.29) is 5.41 Å². The summed E-state index contributed by atoms with van der Waals surface area (Å²) in [6.07, 6.45) is 5.13. The fraction of sp³-hybridized carbons (Fsp3) is 0.680. The smallest absolute Gasteiger partial charge is 0.222 e. The second-order valence-corrected chi connectivity index (χ2v) is 10.1. The van der Waals surface area contributed by atoms with Crippen LogP contribution < -0.4 is 4.90 Å². The van der Waals surface area contributed by atoms with E-state index in [4.69, 9.17) is 0 Å². The summed E-state index contributed by atoms with van der Waals surface area (Å²) >= 11 is 0. The summed E-state index contributed by atoms with van der Waals surface area (Å²) in [7, 11) is 0. The van der Waals surface area contributed by atoms with Crippen LogP contribution in [0, 0.1) is 5.92 Å². The number of hydrogen-bond donors (Lipinski definition) is 0. The molecule has 0 spiro atoms. The normalized spacial score (nSPS) is 20.8. The van der Waals surface area contributed by atoms with Gasteiger partial charge in [0, 0.05) is 44.0 Å². The van der Waals surface area contributed by atoms with E-state index in [0.717, 1.165) is 44.7 Å². The summed E-state index contributed by atoms with van der Waals surface area (Å²) in [4.78, 5) is 21.7. The number of rotatable bonds is 5. The Morgan fingerprint density at radius 1 is 1.03 bits per heavy atom. The van der Waals surface area contributed by atoms with Crippen LogP contribution in [0.2, 0.25) is 0 Å². The zero-order chi connectivity index (χ0) is 21.0. The van der Waals surface area contributed by atoms with Crippen molar-refractivity contribution >= 4 is 17.3 Å². The molecule has 2 aliphatic rings. The number of anilines is 1. The van der Waals surface area contributed by atoms with Gasteiger partial charge < -0.3 is 9.80 Å². The van der Waals surface area contributed by atoms with Crippen LogP contribution in [0.3, 0.4) is 0 Å². The first-order valence-electron chi connectivity index (χ1n) is 11.4. The summed E-state index contributed by atoms with van der Waals surface area (Å²) in [5.74, 6) is 1.01. The van der Waals surface area contributed by atoms with E-state index >= 15 is 0 Å². The zero-order valence-corrected chi connectivity index (χ0v) is 19.1. The third-order valence-electron chi connectivity index (χ3n) is 6.44. The summed E-state index contributed by atoms with van der Waals surface area (Å²) in [5.41, 5.74) is 4.04. The fourth-order valence-corrected chi connectivity index (χ4v) is 4.58. The van der Waals surface area contributed by atoms with Crippen LogP contribution in [0.25, 0.3) is 0 Å². The Bertz CT molecular complexity index is 705. The van der Waals surface area contributed by atoms with Gasteiger partial charge in [0.25, 0.3) is 0 Å². The molecule has 1 atom stereocenters. The minimum Gasteiger partial charge on any atom is -0.372 e. The molecule has 2 saturated heterocycles. The molecule has 0 unspecified atom stereocenters. The maximum absolute atomic E-state index is 12.6. The lowest BCUT2D eigenvalue weighted by molar-refractivity contribution is -0.130. The highest BCUT2D eigenvalue weighted by molar-refractivity contribution is 5.79. The summed E-state index contributed by atoms with van der Waals surface area (Å²) in [6.45, 7) is 14.7. The van der Waals surface area contributed by atoms with E-state index in [1.54, 1.807) is 0 Å². The Balaban J connectivity index is 1.41. The van der Waals surface area contributed by atoms with Gasteiger partial charge in [0.1, 0.15) is 0 Å². The Morgan fingerprint density at radius 3 is 2.28 bits per heavy atom. The van der Waals surface area contributed by atoms with Gasteiger partial charge in [-0.05, 0) is 68.6 Å². The van der Waals surface area contributed by atoms with Gasteiger partial charge in [0.05, 0.1) is 6.04 Å². The molecular weight excluding hydrogens is 358 g/mol. The van der Waals surface area contributed by atoms with Crippen LogP contribution in [0.4, 0.5) is 5.69 Å². The third kappa shape index (κ3) is 6.07. The minimum absolute atomic E-state index is 0.204. The number of aliphatic imine (C=N–C) groups is 1.